The van der Waals surface area contributed by atoms with Crippen LogP contribution in [0.3, 0.4) is 0 Å². The number of ether oxygens (including phenoxy) is 1. The summed E-state index contributed by atoms with van der Waals surface area (Å²) >= 11 is 0. The first-order valence-corrected chi connectivity index (χ1v) is 5.81. The second kappa shape index (κ2) is 7.27. The third-order valence-electron chi connectivity index (χ3n) is 2.56. The Hall–Kier alpha value is -1.05. The van der Waals surface area contributed by atoms with Crippen molar-refractivity contribution in [2.45, 2.75) is 39.0 Å². The van der Waals surface area contributed by atoms with E-state index in [0.29, 0.717) is 6.61 Å². The van der Waals surface area contributed by atoms with E-state index >= 15 is 0 Å². The Morgan fingerprint density at radius 2 is 1.87 bits per heavy atom. The molecule has 1 atom stereocenters. The summed E-state index contributed by atoms with van der Waals surface area (Å²) in [4.78, 5) is 11.6. The van der Waals surface area contributed by atoms with E-state index in [1.165, 1.54) is 0 Å². The maximum Gasteiger partial charge on any atom is 0.309 e. The summed E-state index contributed by atoms with van der Waals surface area (Å²) in [6.07, 6.45) is 13.5. The molecule has 84 valence electrons. The van der Waals surface area contributed by atoms with Gasteiger partial charge in [0, 0.05) is 0 Å². The lowest BCUT2D eigenvalue weighted by Gasteiger charge is -2.13. The molecule has 1 unspecified atom stereocenters. The Morgan fingerprint density at radius 1 is 1.20 bits per heavy atom. The van der Waals surface area contributed by atoms with E-state index in [2.05, 4.69) is 24.3 Å². The van der Waals surface area contributed by atoms with E-state index in [-0.39, 0.29) is 11.9 Å². The molecule has 1 rings (SSSR count). The lowest BCUT2D eigenvalue weighted by molar-refractivity contribution is -0.148. The fourth-order valence-electron chi connectivity index (χ4n) is 1.70. The summed E-state index contributed by atoms with van der Waals surface area (Å²) < 4.78 is 5.05. The van der Waals surface area contributed by atoms with Crippen molar-refractivity contribution in [1.29, 1.82) is 0 Å². The Morgan fingerprint density at radius 3 is 2.60 bits per heavy atom. The molecule has 0 amide bonds. The van der Waals surface area contributed by atoms with Crippen molar-refractivity contribution in [3.05, 3.63) is 24.3 Å². The molecule has 1 aliphatic carbocycles. The molecular weight excluding hydrogens is 188 g/mol. The molecule has 2 heteroatoms. The average Bonchev–Trinajstić information content (AvgIpc) is 2.26. The van der Waals surface area contributed by atoms with E-state index in [0.717, 1.165) is 32.1 Å². The summed E-state index contributed by atoms with van der Waals surface area (Å²) in [7, 11) is 0. The molecule has 1 aliphatic rings. The van der Waals surface area contributed by atoms with Gasteiger partial charge in [0.15, 0.2) is 0 Å². The van der Waals surface area contributed by atoms with Gasteiger partial charge >= 0.3 is 5.97 Å². The minimum atomic E-state index is -0.0453. The van der Waals surface area contributed by atoms with Crippen LogP contribution in [0.15, 0.2) is 24.3 Å². The summed E-state index contributed by atoms with van der Waals surface area (Å²) in [6.45, 7) is 2.34. The topological polar surface area (TPSA) is 26.3 Å². The minimum absolute atomic E-state index is 0.0453. The Bertz CT molecular complexity index is 241. The SMILES string of the molecule is CCOC(=O)C1C/C=C\CC/C=C\CC1. The van der Waals surface area contributed by atoms with Gasteiger partial charge in [0.05, 0.1) is 12.5 Å². The fraction of sp³-hybridized carbons (Fsp3) is 0.615. The van der Waals surface area contributed by atoms with Gasteiger partial charge < -0.3 is 4.74 Å². The van der Waals surface area contributed by atoms with Crippen LogP contribution in [0.1, 0.15) is 39.0 Å². The van der Waals surface area contributed by atoms with Crippen molar-refractivity contribution < 1.29 is 9.53 Å². The molecule has 0 aromatic heterocycles. The second-order valence-corrected chi connectivity index (χ2v) is 3.78. The van der Waals surface area contributed by atoms with Crippen molar-refractivity contribution in [1.82, 2.24) is 0 Å². The second-order valence-electron chi connectivity index (χ2n) is 3.78. The predicted molar refractivity (Wildman–Crippen MR) is 61.5 cm³/mol. The molecule has 0 fully saturated rings. The first kappa shape index (κ1) is 12.0. The smallest absolute Gasteiger partial charge is 0.309 e. The first-order chi connectivity index (χ1) is 7.34. The average molecular weight is 208 g/mol. The van der Waals surface area contributed by atoms with Crippen LogP contribution < -0.4 is 0 Å². The first-order valence-electron chi connectivity index (χ1n) is 5.81. The highest BCUT2D eigenvalue weighted by molar-refractivity contribution is 5.72. The van der Waals surface area contributed by atoms with Crippen LogP contribution in [-0.4, -0.2) is 12.6 Å². The van der Waals surface area contributed by atoms with Crippen LogP contribution in [0.2, 0.25) is 0 Å². The van der Waals surface area contributed by atoms with Crippen LogP contribution in [0, 0.1) is 5.92 Å². The minimum Gasteiger partial charge on any atom is -0.466 e. The fourth-order valence-corrected chi connectivity index (χ4v) is 1.70. The van der Waals surface area contributed by atoms with E-state index in [4.69, 9.17) is 4.74 Å². The van der Waals surface area contributed by atoms with Gasteiger partial charge in [-0.1, -0.05) is 24.3 Å². The highest BCUT2D eigenvalue weighted by Crippen LogP contribution is 2.16. The standard InChI is InChI=1S/C13H20O2/c1-2-15-13(14)12-10-8-6-4-3-5-7-9-11-12/h4,6-7,9,12H,2-3,5,8,10-11H2,1H3/b6-4-,9-7-. The van der Waals surface area contributed by atoms with Crippen LogP contribution >= 0.6 is 0 Å². The molecule has 0 aromatic rings. The van der Waals surface area contributed by atoms with Crippen molar-refractivity contribution >= 4 is 5.97 Å². The van der Waals surface area contributed by atoms with E-state index < -0.39 is 0 Å². The third kappa shape index (κ3) is 4.82. The van der Waals surface area contributed by atoms with E-state index in [1.807, 2.05) is 6.92 Å². The molecule has 0 heterocycles. The molecular formula is C13H20O2. The van der Waals surface area contributed by atoms with Gasteiger partial charge in [-0.2, -0.15) is 0 Å². The number of carbonyl (C=O) groups is 1. The van der Waals surface area contributed by atoms with Crippen molar-refractivity contribution in [3.8, 4) is 0 Å². The molecule has 2 nitrogen and oxygen atoms in total. The molecule has 0 aliphatic heterocycles. The molecule has 0 N–H and O–H groups in total. The number of rotatable bonds is 2. The van der Waals surface area contributed by atoms with Gasteiger partial charge in [-0.05, 0) is 39.0 Å². The summed E-state index contributed by atoms with van der Waals surface area (Å²) in [5.74, 6) is 0.0000680. The lowest BCUT2D eigenvalue weighted by atomic mass is 9.98. The number of carbonyl (C=O) groups excluding carboxylic acids is 1. The Kier molecular flexibility index (Phi) is 5.83. The van der Waals surface area contributed by atoms with Gasteiger partial charge in [0.2, 0.25) is 0 Å². The van der Waals surface area contributed by atoms with Crippen LogP contribution in [0.4, 0.5) is 0 Å². The maximum absolute atomic E-state index is 11.6. The van der Waals surface area contributed by atoms with Gasteiger partial charge in [-0.15, -0.1) is 0 Å². The van der Waals surface area contributed by atoms with Gasteiger partial charge in [0.25, 0.3) is 0 Å². The zero-order valence-electron chi connectivity index (χ0n) is 9.45. The molecule has 0 radical (unpaired) electrons. The molecule has 0 saturated heterocycles. The monoisotopic (exact) mass is 208 g/mol. The van der Waals surface area contributed by atoms with Crippen LogP contribution in [-0.2, 0) is 9.53 Å². The number of esters is 1. The Balaban J connectivity index is 2.49. The van der Waals surface area contributed by atoms with Crippen molar-refractivity contribution in [2.24, 2.45) is 5.92 Å². The maximum atomic E-state index is 11.6. The molecule has 0 bridgehead atoms. The quantitative estimate of drug-likeness (QED) is 0.514. The molecule has 0 spiro atoms. The van der Waals surface area contributed by atoms with Crippen LogP contribution in [0.5, 0.6) is 0 Å². The van der Waals surface area contributed by atoms with Gasteiger partial charge in [0.1, 0.15) is 0 Å². The highest BCUT2D eigenvalue weighted by atomic mass is 16.5. The summed E-state index contributed by atoms with van der Waals surface area (Å²) in [6, 6.07) is 0. The zero-order chi connectivity index (χ0) is 10.9. The highest BCUT2D eigenvalue weighted by Gasteiger charge is 2.17. The number of hydrogen-bond acceptors (Lipinski definition) is 2. The Labute approximate surface area is 92.0 Å². The summed E-state index contributed by atoms with van der Waals surface area (Å²) in [5.41, 5.74) is 0. The van der Waals surface area contributed by atoms with Gasteiger partial charge in [-0.25, -0.2) is 0 Å². The van der Waals surface area contributed by atoms with Gasteiger partial charge in [-0.3, -0.25) is 4.79 Å². The van der Waals surface area contributed by atoms with Crippen LogP contribution in [0.25, 0.3) is 0 Å². The number of allylic oxidation sites excluding steroid dienone is 4. The van der Waals surface area contributed by atoms with E-state index in [9.17, 15) is 4.79 Å². The molecule has 0 saturated carbocycles. The van der Waals surface area contributed by atoms with Crippen molar-refractivity contribution in [2.75, 3.05) is 6.61 Å². The normalized spacial score (nSPS) is 26.6. The molecule has 15 heavy (non-hydrogen) atoms. The zero-order valence-corrected chi connectivity index (χ0v) is 9.45. The lowest BCUT2D eigenvalue weighted by Crippen LogP contribution is -2.17. The number of hydrogen-bond donors (Lipinski definition) is 0. The van der Waals surface area contributed by atoms with E-state index in [1.54, 1.807) is 0 Å². The summed E-state index contributed by atoms with van der Waals surface area (Å²) in [5, 5.41) is 0. The molecule has 0 aromatic carbocycles. The van der Waals surface area contributed by atoms with Crippen molar-refractivity contribution in [3.63, 3.8) is 0 Å². The predicted octanol–water partition coefficient (Wildman–Crippen LogP) is 3.24. The largest absolute Gasteiger partial charge is 0.466 e. The third-order valence-corrected chi connectivity index (χ3v) is 2.56.